The Hall–Kier alpha value is -3.22. The summed E-state index contributed by atoms with van der Waals surface area (Å²) in [7, 11) is 1.62. The van der Waals surface area contributed by atoms with Crippen molar-refractivity contribution in [2.24, 2.45) is 7.05 Å². The Morgan fingerprint density at radius 1 is 1.32 bits per heavy atom. The predicted octanol–water partition coefficient (Wildman–Crippen LogP) is 4.04. The van der Waals surface area contributed by atoms with Gasteiger partial charge in [0.25, 0.3) is 5.56 Å². The van der Waals surface area contributed by atoms with Crippen LogP contribution in [0.15, 0.2) is 52.9 Å². The number of aryl methyl sites for hydroxylation is 2. The minimum Gasteiger partial charge on any atom is -0.461 e. The molecule has 0 amide bonds. The second-order valence-corrected chi connectivity index (χ2v) is 6.61. The number of rotatable bonds is 6. The molecule has 0 spiro atoms. The Balaban J connectivity index is 2.52. The van der Waals surface area contributed by atoms with E-state index in [1.54, 1.807) is 38.5 Å². The molecule has 2 heterocycles. The fraction of sp³-hybridized carbons (Fsp3) is 0.286. The van der Waals surface area contributed by atoms with Crippen molar-refractivity contribution in [1.82, 2.24) is 9.55 Å². The van der Waals surface area contributed by atoms with E-state index >= 15 is 0 Å². The highest BCUT2D eigenvalue weighted by atomic mass is 19.1. The van der Waals surface area contributed by atoms with E-state index in [0.29, 0.717) is 28.2 Å². The van der Waals surface area contributed by atoms with Gasteiger partial charge in [0, 0.05) is 31.9 Å². The van der Waals surface area contributed by atoms with E-state index in [1.807, 2.05) is 13.0 Å². The Bertz CT molecular complexity index is 985. The summed E-state index contributed by atoms with van der Waals surface area (Å²) in [6, 6.07) is 5.29. The SMILES string of the molecule is CC(=O)OCC(C)=C(C=C(C)F)c1cc(Nc2ccc(C)cn2)c(=O)n(C)c1. The molecule has 2 rings (SSSR count). The maximum atomic E-state index is 13.7. The molecule has 0 saturated heterocycles. The average Bonchev–Trinajstić information content (AvgIpc) is 2.63. The number of esters is 1. The zero-order valence-corrected chi connectivity index (χ0v) is 16.7. The van der Waals surface area contributed by atoms with Crippen LogP contribution in [-0.4, -0.2) is 22.1 Å². The Kier molecular flexibility index (Phi) is 6.87. The topological polar surface area (TPSA) is 73.2 Å². The summed E-state index contributed by atoms with van der Waals surface area (Å²) in [6.07, 6.45) is 4.66. The summed E-state index contributed by atoms with van der Waals surface area (Å²) in [5.74, 6) is -0.298. The number of hydrogen-bond donors (Lipinski definition) is 1. The summed E-state index contributed by atoms with van der Waals surface area (Å²) in [6.45, 7) is 6.34. The maximum Gasteiger partial charge on any atom is 0.302 e. The molecule has 0 aliphatic heterocycles. The van der Waals surface area contributed by atoms with E-state index in [9.17, 15) is 14.0 Å². The van der Waals surface area contributed by atoms with Gasteiger partial charge in [0.1, 0.15) is 18.1 Å². The minimum atomic E-state index is -0.423. The number of nitrogens with zero attached hydrogens (tertiary/aromatic N) is 2. The third-order valence-electron chi connectivity index (χ3n) is 3.96. The Morgan fingerprint density at radius 3 is 2.61 bits per heavy atom. The van der Waals surface area contributed by atoms with Gasteiger partial charge in [-0.15, -0.1) is 0 Å². The summed E-state index contributed by atoms with van der Waals surface area (Å²) < 4.78 is 20.1. The lowest BCUT2D eigenvalue weighted by Gasteiger charge is -2.14. The molecule has 2 aromatic rings. The fourth-order valence-electron chi connectivity index (χ4n) is 2.57. The monoisotopic (exact) mass is 385 g/mol. The van der Waals surface area contributed by atoms with Gasteiger partial charge in [0.2, 0.25) is 0 Å². The van der Waals surface area contributed by atoms with Crippen molar-refractivity contribution >= 4 is 23.0 Å². The highest BCUT2D eigenvalue weighted by Crippen LogP contribution is 2.24. The van der Waals surface area contributed by atoms with E-state index in [4.69, 9.17) is 4.74 Å². The van der Waals surface area contributed by atoms with Gasteiger partial charge in [0.15, 0.2) is 0 Å². The van der Waals surface area contributed by atoms with Crippen molar-refractivity contribution in [3.05, 3.63) is 69.5 Å². The second-order valence-electron chi connectivity index (χ2n) is 6.61. The fourth-order valence-corrected chi connectivity index (χ4v) is 2.57. The molecule has 28 heavy (non-hydrogen) atoms. The number of carbonyl (C=O) groups is 1. The van der Waals surface area contributed by atoms with Crippen molar-refractivity contribution in [1.29, 1.82) is 0 Å². The van der Waals surface area contributed by atoms with Crippen molar-refractivity contribution in [3.63, 3.8) is 0 Å². The van der Waals surface area contributed by atoms with Crippen LogP contribution < -0.4 is 10.9 Å². The van der Waals surface area contributed by atoms with Crippen LogP contribution in [0.1, 0.15) is 31.9 Å². The van der Waals surface area contributed by atoms with Gasteiger partial charge in [-0.05, 0) is 55.7 Å². The lowest BCUT2D eigenvalue weighted by molar-refractivity contribution is -0.139. The number of pyridine rings is 2. The van der Waals surface area contributed by atoms with Crippen LogP contribution in [-0.2, 0) is 16.6 Å². The quantitative estimate of drug-likeness (QED) is 0.600. The van der Waals surface area contributed by atoms with E-state index in [1.165, 1.54) is 24.5 Å². The van der Waals surface area contributed by atoms with Gasteiger partial charge in [-0.25, -0.2) is 9.37 Å². The molecule has 2 aromatic heterocycles. The summed E-state index contributed by atoms with van der Waals surface area (Å²) in [5, 5.41) is 3.01. The molecule has 0 bridgehead atoms. The first-order valence-corrected chi connectivity index (χ1v) is 8.75. The number of nitrogens with one attached hydrogen (secondary N) is 1. The number of hydrogen-bond acceptors (Lipinski definition) is 5. The van der Waals surface area contributed by atoms with E-state index in [2.05, 4.69) is 10.3 Å². The van der Waals surface area contributed by atoms with E-state index in [0.717, 1.165) is 5.56 Å². The smallest absolute Gasteiger partial charge is 0.302 e. The lowest BCUT2D eigenvalue weighted by atomic mass is 10.0. The van der Waals surface area contributed by atoms with Crippen molar-refractivity contribution < 1.29 is 13.9 Å². The van der Waals surface area contributed by atoms with Crippen molar-refractivity contribution in [2.75, 3.05) is 11.9 Å². The largest absolute Gasteiger partial charge is 0.461 e. The van der Waals surface area contributed by atoms with Crippen LogP contribution >= 0.6 is 0 Å². The van der Waals surface area contributed by atoms with Crippen LogP contribution in [0, 0.1) is 6.92 Å². The van der Waals surface area contributed by atoms with Crippen LogP contribution in [0.2, 0.25) is 0 Å². The van der Waals surface area contributed by atoms with E-state index < -0.39 is 11.8 Å². The van der Waals surface area contributed by atoms with Gasteiger partial charge in [-0.2, -0.15) is 0 Å². The summed E-state index contributed by atoms with van der Waals surface area (Å²) in [4.78, 5) is 27.9. The lowest BCUT2D eigenvalue weighted by Crippen LogP contribution is -2.20. The number of aromatic nitrogens is 2. The molecule has 148 valence electrons. The van der Waals surface area contributed by atoms with Gasteiger partial charge in [-0.1, -0.05) is 6.07 Å². The number of anilines is 2. The number of halogens is 1. The molecular weight excluding hydrogens is 361 g/mol. The van der Waals surface area contributed by atoms with E-state index in [-0.39, 0.29) is 12.2 Å². The first-order valence-electron chi connectivity index (χ1n) is 8.75. The molecule has 0 aromatic carbocycles. The van der Waals surface area contributed by atoms with Gasteiger partial charge < -0.3 is 14.6 Å². The summed E-state index contributed by atoms with van der Waals surface area (Å²) >= 11 is 0. The van der Waals surface area contributed by atoms with Gasteiger partial charge >= 0.3 is 5.97 Å². The van der Waals surface area contributed by atoms with Gasteiger partial charge in [0.05, 0.1) is 5.83 Å². The molecular formula is C21H24FN3O3. The molecule has 0 fully saturated rings. The zero-order chi connectivity index (χ0) is 20.8. The third-order valence-corrected chi connectivity index (χ3v) is 3.96. The minimum absolute atomic E-state index is 0.0273. The summed E-state index contributed by atoms with van der Waals surface area (Å²) in [5.41, 5.74) is 2.87. The van der Waals surface area contributed by atoms with Crippen LogP contribution in [0.5, 0.6) is 0 Å². The molecule has 0 saturated carbocycles. The first kappa shape index (κ1) is 21.1. The molecule has 0 radical (unpaired) electrons. The first-order chi connectivity index (χ1) is 13.2. The Morgan fingerprint density at radius 2 is 2.04 bits per heavy atom. The molecule has 6 nitrogen and oxygen atoms in total. The van der Waals surface area contributed by atoms with Crippen LogP contribution in [0.3, 0.4) is 0 Å². The number of allylic oxidation sites excluding steroid dienone is 3. The standard InChI is InChI=1S/C21H24FN3O3/c1-13-6-7-20(23-10-13)24-19-9-17(11-25(5)21(19)27)18(8-15(3)22)14(2)12-28-16(4)26/h6-11H,12H2,1-5H3,(H,23,24). The average molecular weight is 385 g/mol. The molecule has 0 unspecified atom stereocenters. The number of ether oxygens (including phenoxy) is 1. The molecule has 1 N–H and O–H groups in total. The second kappa shape index (κ2) is 9.12. The maximum absolute atomic E-state index is 13.7. The van der Waals surface area contributed by atoms with Gasteiger partial charge in [-0.3, -0.25) is 9.59 Å². The van der Waals surface area contributed by atoms with Crippen molar-refractivity contribution in [2.45, 2.75) is 27.7 Å². The highest BCUT2D eigenvalue weighted by molar-refractivity contribution is 5.79. The Labute approximate surface area is 163 Å². The van der Waals surface area contributed by atoms with Crippen molar-refractivity contribution in [3.8, 4) is 0 Å². The zero-order valence-electron chi connectivity index (χ0n) is 16.7. The normalized spacial score (nSPS) is 12.4. The molecule has 0 aliphatic rings. The van der Waals surface area contributed by atoms with Crippen LogP contribution in [0.25, 0.3) is 5.57 Å². The predicted molar refractivity (Wildman–Crippen MR) is 108 cm³/mol. The molecule has 7 heteroatoms. The third kappa shape index (κ3) is 5.64. The number of carbonyl (C=O) groups excluding carboxylic acids is 1. The highest BCUT2D eigenvalue weighted by Gasteiger charge is 2.12. The van der Waals surface area contributed by atoms with Crippen LogP contribution in [0.4, 0.5) is 15.9 Å². The molecule has 0 atom stereocenters. The molecule has 0 aliphatic carbocycles.